The van der Waals surface area contributed by atoms with Crippen molar-refractivity contribution >= 4 is 28.9 Å². The van der Waals surface area contributed by atoms with Gasteiger partial charge in [-0.15, -0.1) is 11.3 Å². The van der Waals surface area contributed by atoms with Gasteiger partial charge < -0.3 is 10.4 Å². The molecule has 27 heavy (non-hydrogen) atoms. The Kier molecular flexibility index (Phi) is 6.23. The van der Waals surface area contributed by atoms with Gasteiger partial charge in [-0.05, 0) is 50.4 Å². The summed E-state index contributed by atoms with van der Waals surface area (Å²) < 4.78 is 0. The number of thiazole rings is 1. The number of amides is 1. The number of nitrogens with one attached hydrogen (secondary N) is 1. The Morgan fingerprint density at radius 3 is 2.96 bits per heavy atom. The Balaban J connectivity index is 1.55. The molecule has 1 unspecified atom stereocenters. The van der Waals surface area contributed by atoms with E-state index in [4.69, 9.17) is 0 Å². The fourth-order valence-corrected chi connectivity index (χ4v) is 4.12. The van der Waals surface area contributed by atoms with Crippen molar-refractivity contribution in [1.82, 2.24) is 9.88 Å². The lowest BCUT2D eigenvalue weighted by molar-refractivity contribution is -0.143. The van der Waals surface area contributed by atoms with Gasteiger partial charge >= 0.3 is 5.97 Å². The number of hydrogen-bond donors (Lipinski definition) is 2. The van der Waals surface area contributed by atoms with Crippen LogP contribution in [0.1, 0.15) is 34.7 Å². The summed E-state index contributed by atoms with van der Waals surface area (Å²) in [5.41, 5.74) is 3.88. The lowest BCUT2D eigenvalue weighted by atomic mass is 9.98. The SMILES string of the molecule is Cc1ccc(C)c(NC(=O)Cc2nc(CN3CCCC(C(=O)O)C3)cs2)c1. The highest BCUT2D eigenvalue weighted by molar-refractivity contribution is 7.09. The highest BCUT2D eigenvalue weighted by Gasteiger charge is 2.25. The standard InChI is InChI=1S/C20H25N3O3S/c1-13-5-6-14(2)17(8-13)22-18(24)9-19-21-16(12-27-19)11-23-7-3-4-15(10-23)20(25)26/h5-6,8,12,15H,3-4,7,9-11H2,1-2H3,(H,22,24)(H,25,26). The third-order valence-corrected chi connectivity index (χ3v) is 5.72. The average Bonchev–Trinajstić information content (AvgIpc) is 3.05. The van der Waals surface area contributed by atoms with Gasteiger partial charge in [0.05, 0.1) is 18.0 Å². The molecule has 0 bridgehead atoms. The molecule has 0 aliphatic carbocycles. The first kappa shape index (κ1) is 19.5. The van der Waals surface area contributed by atoms with E-state index in [0.717, 1.165) is 46.9 Å². The summed E-state index contributed by atoms with van der Waals surface area (Å²) in [7, 11) is 0. The summed E-state index contributed by atoms with van der Waals surface area (Å²) in [6.45, 7) is 6.06. The van der Waals surface area contributed by atoms with Crippen LogP contribution in [0, 0.1) is 19.8 Å². The Labute approximate surface area is 163 Å². The number of carboxylic acid groups (broad SMARTS) is 1. The summed E-state index contributed by atoms with van der Waals surface area (Å²) in [6.07, 6.45) is 1.88. The molecule has 1 fully saturated rings. The van der Waals surface area contributed by atoms with Crippen LogP contribution in [-0.2, 0) is 22.6 Å². The summed E-state index contributed by atoms with van der Waals surface area (Å²) in [4.78, 5) is 30.2. The highest BCUT2D eigenvalue weighted by atomic mass is 32.1. The first-order valence-corrected chi connectivity index (χ1v) is 10.0. The van der Waals surface area contributed by atoms with Crippen molar-refractivity contribution in [3.05, 3.63) is 45.4 Å². The molecule has 1 atom stereocenters. The Bertz CT molecular complexity index is 834. The number of carbonyl (C=O) groups excluding carboxylic acids is 1. The molecular formula is C20H25N3O3S. The number of nitrogens with zero attached hydrogens (tertiary/aromatic N) is 2. The molecule has 1 saturated heterocycles. The van der Waals surface area contributed by atoms with Gasteiger partial charge in [0.2, 0.25) is 5.91 Å². The number of hydrogen-bond acceptors (Lipinski definition) is 5. The van der Waals surface area contributed by atoms with E-state index in [2.05, 4.69) is 15.2 Å². The molecule has 6 nitrogen and oxygen atoms in total. The van der Waals surface area contributed by atoms with Crippen molar-refractivity contribution in [1.29, 1.82) is 0 Å². The normalized spacial score (nSPS) is 17.6. The maximum Gasteiger partial charge on any atom is 0.307 e. The molecule has 7 heteroatoms. The molecule has 0 radical (unpaired) electrons. The van der Waals surface area contributed by atoms with Crippen molar-refractivity contribution in [3.8, 4) is 0 Å². The Hall–Kier alpha value is -2.25. The van der Waals surface area contributed by atoms with Crippen LogP contribution in [0.5, 0.6) is 0 Å². The Morgan fingerprint density at radius 1 is 1.37 bits per heavy atom. The van der Waals surface area contributed by atoms with Gasteiger partial charge in [-0.25, -0.2) is 4.98 Å². The van der Waals surface area contributed by atoms with Gasteiger partial charge in [-0.2, -0.15) is 0 Å². The van der Waals surface area contributed by atoms with Gasteiger partial charge in [-0.3, -0.25) is 14.5 Å². The van der Waals surface area contributed by atoms with E-state index in [0.29, 0.717) is 13.1 Å². The van der Waals surface area contributed by atoms with Crippen LogP contribution < -0.4 is 5.32 Å². The molecule has 2 aromatic rings. The summed E-state index contributed by atoms with van der Waals surface area (Å²) in [6, 6.07) is 5.98. The molecule has 1 aliphatic rings. The first-order chi connectivity index (χ1) is 12.9. The molecule has 1 aliphatic heterocycles. The molecule has 144 valence electrons. The average molecular weight is 388 g/mol. The van der Waals surface area contributed by atoms with E-state index in [9.17, 15) is 14.7 Å². The second-order valence-electron chi connectivity index (χ2n) is 7.19. The Morgan fingerprint density at radius 2 is 2.19 bits per heavy atom. The molecule has 0 saturated carbocycles. The number of carboxylic acids is 1. The molecule has 1 aromatic heterocycles. The van der Waals surface area contributed by atoms with Crippen molar-refractivity contribution < 1.29 is 14.7 Å². The quantitative estimate of drug-likeness (QED) is 0.795. The van der Waals surface area contributed by atoms with Crippen molar-refractivity contribution in [2.45, 2.75) is 39.7 Å². The highest BCUT2D eigenvalue weighted by Crippen LogP contribution is 2.21. The van der Waals surface area contributed by atoms with Crippen LogP contribution in [-0.4, -0.2) is 40.0 Å². The second kappa shape index (κ2) is 8.63. The molecular weight excluding hydrogens is 362 g/mol. The fraction of sp³-hybridized carbons (Fsp3) is 0.450. The predicted molar refractivity (Wildman–Crippen MR) is 106 cm³/mol. The predicted octanol–water partition coefficient (Wildman–Crippen LogP) is 3.24. The number of carbonyl (C=O) groups is 2. The van der Waals surface area contributed by atoms with Crippen molar-refractivity contribution in [3.63, 3.8) is 0 Å². The van der Waals surface area contributed by atoms with Gasteiger partial charge in [0.1, 0.15) is 5.01 Å². The maximum absolute atomic E-state index is 12.3. The van der Waals surface area contributed by atoms with Crippen LogP contribution in [0.4, 0.5) is 5.69 Å². The third kappa shape index (κ3) is 5.37. The molecule has 3 rings (SSSR count). The van der Waals surface area contributed by atoms with Crippen LogP contribution in [0.15, 0.2) is 23.6 Å². The number of likely N-dealkylation sites (tertiary alicyclic amines) is 1. The summed E-state index contributed by atoms with van der Waals surface area (Å²) >= 11 is 1.48. The number of piperidine rings is 1. The van der Waals surface area contributed by atoms with E-state index < -0.39 is 5.97 Å². The van der Waals surface area contributed by atoms with Crippen molar-refractivity contribution in [2.24, 2.45) is 5.92 Å². The van der Waals surface area contributed by atoms with E-state index >= 15 is 0 Å². The maximum atomic E-state index is 12.3. The zero-order valence-corrected chi connectivity index (χ0v) is 16.5. The number of benzene rings is 1. The van der Waals surface area contributed by atoms with E-state index in [1.165, 1.54) is 11.3 Å². The number of aromatic nitrogens is 1. The molecule has 1 amide bonds. The zero-order valence-electron chi connectivity index (χ0n) is 15.7. The third-order valence-electron chi connectivity index (χ3n) is 4.82. The van der Waals surface area contributed by atoms with Crippen molar-refractivity contribution in [2.75, 3.05) is 18.4 Å². The van der Waals surface area contributed by atoms with Crippen LogP contribution in [0.3, 0.4) is 0 Å². The van der Waals surface area contributed by atoms with E-state index in [1.54, 1.807) is 0 Å². The summed E-state index contributed by atoms with van der Waals surface area (Å²) in [5.74, 6) is -1.09. The number of aryl methyl sites for hydroxylation is 2. The number of rotatable bonds is 6. The first-order valence-electron chi connectivity index (χ1n) is 9.16. The molecule has 2 heterocycles. The summed E-state index contributed by atoms with van der Waals surface area (Å²) in [5, 5.41) is 14.9. The lowest BCUT2D eigenvalue weighted by Gasteiger charge is -2.29. The van der Waals surface area contributed by atoms with Crippen LogP contribution in [0.2, 0.25) is 0 Å². The van der Waals surface area contributed by atoms with Gasteiger partial charge in [-0.1, -0.05) is 12.1 Å². The van der Waals surface area contributed by atoms with Crippen LogP contribution in [0.25, 0.3) is 0 Å². The minimum atomic E-state index is -0.721. The minimum Gasteiger partial charge on any atom is -0.481 e. The van der Waals surface area contributed by atoms with E-state index in [-0.39, 0.29) is 18.2 Å². The monoisotopic (exact) mass is 387 g/mol. The smallest absolute Gasteiger partial charge is 0.307 e. The minimum absolute atomic E-state index is 0.0755. The van der Waals surface area contributed by atoms with E-state index in [1.807, 2.05) is 37.4 Å². The topological polar surface area (TPSA) is 82.5 Å². The number of anilines is 1. The second-order valence-corrected chi connectivity index (χ2v) is 8.13. The van der Waals surface area contributed by atoms with Gasteiger partial charge in [0.15, 0.2) is 0 Å². The molecule has 2 N–H and O–H groups in total. The lowest BCUT2D eigenvalue weighted by Crippen LogP contribution is -2.38. The molecule has 1 aromatic carbocycles. The largest absolute Gasteiger partial charge is 0.481 e. The fourth-order valence-electron chi connectivity index (χ4n) is 3.33. The van der Waals surface area contributed by atoms with Gasteiger partial charge in [0, 0.05) is 24.2 Å². The zero-order chi connectivity index (χ0) is 19.4. The van der Waals surface area contributed by atoms with Crippen LogP contribution >= 0.6 is 11.3 Å². The van der Waals surface area contributed by atoms with Gasteiger partial charge in [0.25, 0.3) is 0 Å². The number of aliphatic carboxylic acids is 1. The molecule has 0 spiro atoms.